The average molecular weight is 469 g/mol. The Morgan fingerprint density at radius 3 is 2.26 bits per heavy atom. The summed E-state index contributed by atoms with van der Waals surface area (Å²) in [6.45, 7) is 16.7. The van der Waals surface area contributed by atoms with E-state index in [1.54, 1.807) is 0 Å². The fourth-order valence-electron chi connectivity index (χ4n) is 12.0. The molecule has 0 N–H and O–H groups in total. The largest absolute Gasteiger partial charge is 0.455 e. The predicted molar refractivity (Wildman–Crippen MR) is 129 cm³/mol. The van der Waals surface area contributed by atoms with Crippen molar-refractivity contribution < 1.29 is 19.1 Å². The van der Waals surface area contributed by atoms with Gasteiger partial charge in [-0.2, -0.15) is 0 Å². The molecular formula is C30H44O4. The highest BCUT2D eigenvalue weighted by molar-refractivity contribution is 5.85. The molecular weight excluding hydrogens is 424 g/mol. The van der Waals surface area contributed by atoms with Crippen LogP contribution in [0.4, 0.5) is 0 Å². The van der Waals surface area contributed by atoms with Crippen molar-refractivity contribution in [1.29, 1.82) is 0 Å². The van der Waals surface area contributed by atoms with Crippen molar-refractivity contribution in [3.05, 3.63) is 0 Å². The van der Waals surface area contributed by atoms with Crippen LogP contribution in [0.3, 0.4) is 0 Å². The van der Waals surface area contributed by atoms with E-state index in [9.17, 15) is 9.59 Å². The van der Waals surface area contributed by atoms with Gasteiger partial charge in [0.25, 0.3) is 0 Å². The molecule has 0 amide bonds. The summed E-state index contributed by atoms with van der Waals surface area (Å²) in [6.07, 6.45) is 9.31. The maximum absolute atomic E-state index is 13.7. The number of fused-ring (bicyclic) bond motifs is 6. The molecule has 34 heavy (non-hydrogen) atoms. The van der Waals surface area contributed by atoms with Crippen LogP contribution in [-0.4, -0.2) is 29.6 Å². The topological polar surface area (TPSA) is 55.9 Å². The van der Waals surface area contributed by atoms with E-state index in [-0.39, 0.29) is 56.6 Å². The molecule has 10 atom stereocenters. The third kappa shape index (κ3) is 2.05. The first-order valence-corrected chi connectivity index (χ1v) is 14.1. The molecule has 2 saturated heterocycles. The molecule has 5 saturated carbocycles. The van der Waals surface area contributed by atoms with E-state index < -0.39 is 5.60 Å². The fraction of sp³-hybridized carbons (Fsp3) is 0.933. The first-order chi connectivity index (χ1) is 15.7. The number of carbonyl (C=O) groups excluding carboxylic acids is 2. The number of rotatable bonds is 0. The Bertz CT molecular complexity index is 1010. The minimum absolute atomic E-state index is 0.0388. The van der Waals surface area contributed by atoms with Gasteiger partial charge in [0.15, 0.2) is 5.60 Å². The van der Waals surface area contributed by atoms with E-state index in [0.29, 0.717) is 24.0 Å². The Kier molecular flexibility index (Phi) is 3.81. The molecule has 2 heterocycles. The summed E-state index contributed by atoms with van der Waals surface area (Å²) in [5.41, 5.74) is -0.720. The number of ketones is 1. The third-order valence-electron chi connectivity index (χ3n) is 14.0. The van der Waals surface area contributed by atoms with Gasteiger partial charge >= 0.3 is 5.97 Å². The van der Waals surface area contributed by atoms with Gasteiger partial charge in [-0.1, -0.05) is 48.5 Å². The van der Waals surface area contributed by atoms with E-state index in [0.717, 1.165) is 51.4 Å². The molecule has 7 rings (SSSR count). The molecule has 4 nitrogen and oxygen atoms in total. The number of hydrogen-bond acceptors (Lipinski definition) is 4. The van der Waals surface area contributed by atoms with Crippen LogP contribution in [-0.2, 0) is 19.1 Å². The summed E-state index contributed by atoms with van der Waals surface area (Å²) in [4.78, 5) is 26.7. The van der Waals surface area contributed by atoms with Crippen molar-refractivity contribution in [2.24, 2.45) is 50.2 Å². The molecule has 0 unspecified atom stereocenters. The Morgan fingerprint density at radius 2 is 1.53 bits per heavy atom. The van der Waals surface area contributed by atoms with Crippen LogP contribution in [0.1, 0.15) is 106 Å². The molecule has 0 aromatic rings. The Balaban J connectivity index is 1.39. The van der Waals surface area contributed by atoms with Crippen molar-refractivity contribution >= 4 is 11.8 Å². The lowest BCUT2D eigenvalue weighted by atomic mass is 9.31. The van der Waals surface area contributed by atoms with Crippen LogP contribution >= 0.6 is 0 Å². The van der Waals surface area contributed by atoms with E-state index in [4.69, 9.17) is 9.47 Å². The van der Waals surface area contributed by atoms with Gasteiger partial charge < -0.3 is 9.47 Å². The molecule has 5 aliphatic carbocycles. The molecule has 0 aromatic carbocycles. The second kappa shape index (κ2) is 5.81. The molecule has 0 radical (unpaired) electrons. The monoisotopic (exact) mass is 468 g/mol. The highest BCUT2D eigenvalue weighted by Crippen LogP contribution is 2.83. The van der Waals surface area contributed by atoms with E-state index in [1.165, 1.54) is 0 Å². The lowest BCUT2D eigenvalue weighted by Gasteiger charge is -2.72. The van der Waals surface area contributed by atoms with Gasteiger partial charge in [0, 0.05) is 23.2 Å². The molecule has 188 valence electrons. The Hall–Kier alpha value is -0.900. The Morgan fingerprint density at radius 1 is 0.824 bits per heavy atom. The number of carbonyl (C=O) groups is 2. The van der Waals surface area contributed by atoms with Crippen molar-refractivity contribution in [3.63, 3.8) is 0 Å². The average Bonchev–Trinajstić information content (AvgIpc) is 3.49. The first-order valence-electron chi connectivity index (χ1n) is 14.1. The zero-order valence-corrected chi connectivity index (χ0v) is 22.4. The lowest BCUT2D eigenvalue weighted by Crippen LogP contribution is -2.74. The van der Waals surface area contributed by atoms with Crippen molar-refractivity contribution in [2.45, 2.75) is 124 Å². The van der Waals surface area contributed by atoms with Crippen LogP contribution in [0.5, 0.6) is 0 Å². The summed E-state index contributed by atoms with van der Waals surface area (Å²) in [6, 6.07) is 0. The van der Waals surface area contributed by atoms with Crippen molar-refractivity contribution in [1.82, 2.24) is 0 Å². The van der Waals surface area contributed by atoms with Crippen LogP contribution in [0.25, 0.3) is 0 Å². The van der Waals surface area contributed by atoms with Gasteiger partial charge in [-0.25, -0.2) is 0 Å². The number of hydrogen-bond donors (Lipinski definition) is 0. The Labute approximate surface area is 205 Å². The lowest BCUT2D eigenvalue weighted by molar-refractivity contribution is -0.266. The zero-order valence-electron chi connectivity index (χ0n) is 22.4. The molecule has 7 aliphatic rings. The van der Waals surface area contributed by atoms with Gasteiger partial charge in [-0.3, -0.25) is 9.59 Å². The van der Waals surface area contributed by atoms with Crippen LogP contribution < -0.4 is 0 Å². The first kappa shape index (κ1) is 22.3. The van der Waals surface area contributed by atoms with Gasteiger partial charge in [0.2, 0.25) is 0 Å². The summed E-state index contributed by atoms with van der Waals surface area (Å²) in [7, 11) is 0. The summed E-state index contributed by atoms with van der Waals surface area (Å²) in [5, 5.41) is 0. The van der Waals surface area contributed by atoms with Gasteiger partial charge in [-0.15, -0.1) is 0 Å². The number of Topliss-reactive ketones (excluding diaryl/α,β-unsaturated/α-hetero) is 1. The maximum Gasteiger partial charge on any atom is 0.313 e. The zero-order chi connectivity index (χ0) is 24.3. The number of ether oxygens (including phenoxy) is 2. The smallest absolute Gasteiger partial charge is 0.313 e. The SMILES string of the molecule is CC1(C)CC[C@@]23CC[C@]4(C)[C@](OC2=O)([C@@H]2O[C@@H]2[C@@H]2[C@@]5(C)CCC(=O)C(C)(C)[C@@H]5CC[C@]24C)[C@@H]3C1. The van der Waals surface area contributed by atoms with E-state index in [1.807, 2.05) is 0 Å². The summed E-state index contributed by atoms with van der Waals surface area (Å²) >= 11 is 0. The van der Waals surface area contributed by atoms with E-state index in [2.05, 4.69) is 48.5 Å². The van der Waals surface area contributed by atoms with Crippen LogP contribution in [0, 0.1) is 50.2 Å². The normalized spacial score (nSPS) is 60.1. The number of esters is 1. The third-order valence-corrected chi connectivity index (χ3v) is 14.0. The van der Waals surface area contributed by atoms with Crippen molar-refractivity contribution in [3.8, 4) is 0 Å². The van der Waals surface area contributed by atoms with Gasteiger partial charge in [0.1, 0.15) is 11.9 Å². The van der Waals surface area contributed by atoms with Crippen LogP contribution in [0.15, 0.2) is 0 Å². The quantitative estimate of drug-likeness (QED) is 0.318. The second-order valence-electron chi connectivity index (χ2n) is 15.8. The van der Waals surface area contributed by atoms with E-state index >= 15 is 0 Å². The molecule has 7 fully saturated rings. The van der Waals surface area contributed by atoms with Gasteiger partial charge in [0.05, 0.1) is 11.5 Å². The standard InChI is InChI=1S/C30H44O4/c1-24(2)12-14-29-15-13-28(7)27(6)11-8-17-25(3,4)19(31)9-10-26(17,5)21(27)20-22(33-20)30(28,18(29)16-24)34-23(29)32/h17-18,20-22H,8-16H2,1-7H3/t17-,18+,20+,21+,22+,26-,27+,28-,29-,30+/m0/s1. The predicted octanol–water partition coefficient (Wildman–Crippen LogP) is 6.10. The van der Waals surface area contributed by atoms with Crippen molar-refractivity contribution in [2.75, 3.05) is 0 Å². The molecule has 0 aromatic heterocycles. The summed E-state index contributed by atoms with van der Waals surface area (Å²) in [5.74, 6) is 1.65. The molecule has 4 heteroatoms. The van der Waals surface area contributed by atoms with Crippen LogP contribution in [0.2, 0.25) is 0 Å². The molecule has 2 aliphatic heterocycles. The van der Waals surface area contributed by atoms with Gasteiger partial charge in [-0.05, 0) is 79.4 Å². The fourth-order valence-corrected chi connectivity index (χ4v) is 12.0. The minimum atomic E-state index is -0.473. The molecule has 2 bridgehead atoms. The summed E-state index contributed by atoms with van der Waals surface area (Å²) < 4.78 is 13.6. The maximum atomic E-state index is 13.7. The number of epoxide rings is 1. The highest BCUT2D eigenvalue weighted by Gasteiger charge is 2.89. The highest BCUT2D eigenvalue weighted by atomic mass is 16.6. The molecule has 1 spiro atoms. The minimum Gasteiger partial charge on any atom is -0.455 e. The second-order valence-corrected chi connectivity index (χ2v) is 15.8.